The summed E-state index contributed by atoms with van der Waals surface area (Å²) in [5, 5.41) is 13.0. The molecule has 0 aliphatic carbocycles. The van der Waals surface area contributed by atoms with Crippen LogP contribution in [0, 0.1) is 5.92 Å². The average molecular weight is 302 g/mol. The molecule has 1 saturated heterocycles. The zero-order chi connectivity index (χ0) is 14.8. The maximum absolute atomic E-state index is 12.2. The number of piperidine rings is 1. The summed E-state index contributed by atoms with van der Waals surface area (Å²) in [5.41, 5.74) is 0.379. The normalized spacial score (nSPS) is 20.8. The molecule has 8 nitrogen and oxygen atoms in total. The largest absolute Gasteiger partial charge is 0.481 e. The first kappa shape index (κ1) is 14.8. The molecular formula is C11H18N4O4S. The second kappa shape index (κ2) is 5.80. The molecular weight excluding hydrogens is 284 g/mol. The predicted octanol–water partition coefficient (Wildman–Crippen LogP) is 0.356. The maximum Gasteiger partial charge on any atom is 0.307 e. The number of aryl methyl sites for hydroxylation is 1. The van der Waals surface area contributed by atoms with Crippen LogP contribution in [0.2, 0.25) is 0 Å². The molecule has 1 aliphatic rings. The number of aromatic nitrogens is 2. The molecule has 2 N–H and O–H groups in total. The van der Waals surface area contributed by atoms with E-state index < -0.39 is 22.1 Å². The van der Waals surface area contributed by atoms with Crippen LogP contribution >= 0.6 is 0 Å². The van der Waals surface area contributed by atoms with Crippen LogP contribution in [-0.4, -0.2) is 46.7 Å². The van der Waals surface area contributed by atoms with Crippen LogP contribution in [-0.2, 0) is 21.5 Å². The lowest BCUT2D eigenvalue weighted by Gasteiger charge is -2.29. The van der Waals surface area contributed by atoms with Crippen LogP contribution in [0.25, 0.3) is 0 Å². The molecule has 0 radical (unpaired) electrons. The minimum atomic E-state index is -3.73. The van der Waals surface area contributed by atoms with Crippen LogP contribution < -0.4 is 4.72 Å². The third-order valence-corrected chi connectivity index (χ3v) is 4.78. The molecule has 112 valence electrons. The Balaban J connectivity index is 2.07. The lowest BCUT2D eigenvalue weighted by molar-refractivity contribution is -0.142. The van der Waals surface area contributed by atoms with Crippen molar-refractivity contribution in [3.05, 3.63) is 12.4 Å². The van der Waals surface area contributed by atoms with Crippen molar-refractivity contribution < 1.29 is 18.3 Å². The van der Waals surface area contributed by atoms with Gasteiger partial charge in [-0.2, -0.15) is 17.8 Å². The van der Waals surface area contributed by atoms with Gasteiger partial charge in [0.05, 0.1) is 17.8 Å². The zero-order valence-electron chi connectivity index (χ0n) is 11.2. The standard InChI is InChI=1S/C11H18N4O4S/c1-2-14-8-10(6-12-14)13-20(18,19)15-5-3-4-9(7-15)11(16)17/h6,8-9,13H,2-5,7H2,1H3,(H,16,17). The maximum atomic E-state index is 12.2. The fraction of sp³-hybridized carbons (Fsp3) is 0.636. The van der Waals surface area contributed by atoms with E-state index in [0.717, 1.165) is 0 Å². The minimum Gasteiger partial charge on any atom is -0.481 e. The van der Waals surface area contributed by atoms with E-state index in [0.29, 0.717) is 31.6 Å². The molecule has 0 amide bonds. The summed E-state index contributed by atoms with van der Waals surface area (Å²) >= 11 is 0. The summed E-state index contributed by atoms with van der Waals surface area (Å²) in [7, 11) is -3.73. The van der Waals surface area contributed by atoms with E-state index in [-0.39, 0.29) is 6.54 Å². The Labute approximate surface area is 117 Å². The lowest BCUT2D eigenvalue weighted by Crippen LogP contribution is -2.44. The molecule has 2 rings (SSSR count). The van der Waals surface area contributed by atoms with Crippen molar-refractivity contribution in [3.63, 3.8) is 0 Å². The van der Waals surface area contributed by atoms with E-state index >= 15 is 0 Å². The zero-order valence-corrected chi connectivity index (χ0v) is 12.0. The number of hydrogen-bond donors (Lipinski definition) is 2. The number of rotatable bonds is 5. The molecule has 1 unspecified atom stereocenters. The highest BCUT2D eigenvalue weighted by Crippen LogP contribution is 2.20. The van der Waals surface area contributed by atoms with Crippen LogP contribution in [0.15, 0.2) is 12.4 Å². The van der Waals surface area contributed by atoms with Gasteiger partial charge in [-0.15, -0.1) is 0 Å². The highest BCUT2D eigenvalue weighted by Gasteiger charge is 2.32. The Morgan fingerprint density at radius 1 is 1.60 bits per heavy atom. The fourth-order valence-electron chi connectivity index (χ4n) is 2.16. The molecule has 0 aromatic carbocycles. The molecule has 0 bridgehead atoms. The minimum absolute atomic E-state index is 0.00653. The summed E-state index contributed by atoms with van der Waals surface area (Å²) in [5.74, 6) is -1.60. The SMILES string of the molecule is CCn1cc(NS(=O)(=O)N2CCCC(C(=O)O)C2)cn1. The molecule has 1 aromatic rings. The molecule has 0 saturated carbocycles. The van der Waals surface area contributed by atoms with Crippen molar-refractivity contribution >= 4 is 21.9 Å². The smallest absolute Gasteiger partial charge is 0.307 e. The van der Waals surface area contributed by atoms with Gasteiger partial charge in [0.25, 0.3) is 0 Å². The number of nitrogens with one attached hydrogen (secondary N) is 1. The molecule has 1 fully saturated rings. The third kappa shape index (κ3) is 3.28. The van der Waals surface area contributed by atoms with E-state index in [1.165, 1.54) is 10.5 Å². The molecule has 1 aromatic heterocycles. The second-order valence-electron chi connectivity index (χ2n) is 4.73. The van der Waals surface area contributed by atoms with Crippen LogP contribution in [0.4, 0.5) is 5.69 Å². The highest BCUT2D eigenvalue weighted by atomic mass is 32.2. The van der Waals surface area contributed by atoms with Crippen LogP contribution in [0.1, 0.15) is 19.8 Å². The fourth-order valence-corrected chi connectivity index (χ4v) is 3.44. The summed E-state index contributed by atoms with van der Waals surface area (Å²) in [4.78, 5) is 11.0. The number of anilines is 1. The monoisotopic (exact) mass is 302 g/mol. The Morgan fingerprint density at radius 2 is 2.35 bits per heavy atom. The van der Waals surface area contributed by atoms with Crippen molar-refractivity contribution in [3.8, 4) is 0 Å². The number of aliphatic carboxylic acids is 1. The van der Waals surface area contributed by atoms with Gasteiger partial charge in [0.15, 0.2) is 0 Å². The average Bonchev–Trinajstić information content (AvgIpc) is 2.86. The van der Waals surface area contributed by atoms with Gasteiger partial charge in [0.2, 0.25) is 0 Å². The number of hydrogen-bond acceptors (Lipinski definition) is 4. The number of carbonyl (C=O) groups is 1. The van der Waals surface area contributed by atoms with Gasteiger partial charge in [-0.1, -0.05) is 0 Å². The lowest BCUT2D eigenvalue weighted by atomic mass is 10.0. The molecule has 1 aliphatic heterocycles. The number of carboxylic acids is 1. The van der Waals surface area contributed by atoms with E-state index in [9.17, 15) is 13.2 Å². The van der Waals surface area contributed by atoms with Crippen molar-refractivity contribution in [2.45, 2.75) is 26.3 Å². The van der Waals surface area contributed by atoms with E-state index in [4.69, 9.17) is 5.11 Å². The van der Waals surface area contributed by atoms with Gasteiger partial charge in [-0.05, 0) is 19.8 Å². The van der Waals surface area contributed by atoms with E-state index in [2.05, 4.69) is 9.82 Å². The first-order valence-electron chi connectivity index (χ1n) is 6.45. The molecule has 2 heterocycles. The summed E-state index contributed by atoms with van der Waals surface area (Å²) in [6, 6.07) is 0. The van der Waals surface area contributed by atoms with Gasteiger partial charge in [-0.25, -0.2) is 0 Å². The predicted molar refractivity (Wildman–Crippen MR) is 72.4 cm³/mol. The Morgan fingerprint density at radius 3 is 2.95 bits per heavy atom. The van der Waals surface area contributed by atoms with Gasteiger partial charge < -0.3 is 5.11 Å². The first-order chi connectivity index (χ1) is 9.42. The van der Waals surface area contributed by atoms with Crippen molar-refractivity contribution in [1.29, 1.82) is 0 Å². The van der Waals surface area contributed by atoms with E-state index in [1.807, 2.05) is 6.92 Å². The number of nitrogens with zero attached hydrogens (tertiary/aromatic N) is 3. The topological polar surface area (TPSA) is 105 Å². The van der Waals surface area contributed by atoms with E-state index in [1.54, 1.807) is 10.9 Å². The first-order valence-corrected chi connectivity index (χ1v) is 7.89. The highest BCUT2D eigenvalue weighted by molar-refractivity contribution is 7.90. The van der Waals surface area contributed by atoms with Crippen molar-refractivity contribution in [2.75, 3.05) is 17.8 Å². The van der Waals surface area contributed by atoms with Crippen molar-refractivity contribution in [1.82, 2.24) is 14.1 Å². The molecule has 1 atom stereocenters. The summed E-state index contributed by atoms with van der Waals surface area (Å²) < 4.78 is 29.6. The Kier molecular flexibility index (Phi) is 4.29. The van der Waals surface area contributed by atoms with Gasteiger partial charge in [0, 0.05) is 25.8 Å². The molecule has 9 heteroatoms. The Bertz CT molecular complexity index is 583. The van der Waals surface area contributed by atoms with Gasteiger partial charge >= 0.3 is 16.2 Å². The van der Waals surface area contributed by atoms with Crippen LogP contribution in [0.3, 0.4) is 0 Å². The van der Waals surface area contributed by atoms with Crippen LogP contribution in [0.5, 0.6) is 0 Å². The third-order valence-electron chi connectivity index (χ3n) is 3.28. The second-order valence-corrected chi connectivity index (χ2v) is 6.40. The quantitative estimate of drug-likeness (QED) is 0.817. The summed E-state index contributed by atoms with van der Waals surface area (Å²) in [6.07, 6.45) is 4.08. The molecule has 0 spiro atoms. The Hall–Kier alpha value is -1.61. The summed E-state index contributed by atoms with van der Waals surface area (Å²) in [6.45, 7) is 2.88. The van der Waals surface area contributed by atoms with Crippen molar-refractivity contribution in [2.24, 2.45) is 5.92 Å². The van der Waals surface area contributed by atoms with Gasteiger partial charge in [0.1, 0.15) is 0 Å². The van der Waals surface area contributed by atoms with Gasteiger partial charge in [-0.3, -0.25) is 14.2 Å². The molecule has 20 heavy (non-hydrogen) atoms. The number of carboxylic acid groups (broad SMARTS) is 1.